The van der Waals surface area contributed by atoms with Crippen LogP contribution in [0.4, 0.5) is 0 Å². The van der Waals surface area contributed by atoms with Gasteiger partial charge in [-0.2, -0.15) is 4.98 Å². The number of nitrogens with zero attached hydrogens (tertiary/aromatic N) is 3. The summed E-state index contributed by atoms with van der Waals surface area (Å²) in [7, 11) is 0. The minimum atomic E-state index is -0.0690. The molecule has 0 N–H and O–H groups in total. The van der Waals surface area contributed by atoms with Gasteiger partial charge in [-0.05, 0) is 38.0 Å². The predicted molar refractivity (Wildman–Crippen MR) is 110 cm³/mol. The molecule has 1 aliphatic rings. The molecule has 1 amide bonds. The molecular weight excluding hydrogens is 366 g/mol. The summed E-state index contributed by atoms with van der Waals surface area (Å²) in [6, 6.07) is 16.0. The third kappa shape index (κ3) is 4.31. The molecule has 1 fully saturated rings. The average Bonchev–Trinajstić information content (AvgIpc) is 3.34. The third-order valence-electron chi connectivity index (χ3n) is 5.19. The molecule has 1 aliphatic heterocycles. The highest BCUT2D eigenvalue weighted by Gasteiger charge is 2.34. The van der Waals surface area contributed by atoms with Gasteiger partial charge in [0.25, 0.3) is 0 Å². The van der Waals surface area contributed by atoms with Gasteiger partial charge in [0, 0.05) is 19.5 Å². The molecule has 1 saturated heterocycles. The number of benzene rings is 2. The van der Waals surface area contributed by atoms with Crippen LogP contribution in [0, 0.1) is 6.92 Å². The monoisotopic (exact) mass is 391 g/mol. The second kappa shape index (κ2) is 8.47. The molecule has 29 heavy (non-hydrogen) atoms. The van der Waals surface area contributed by atoms with Crippen LogP contribution in [-0.4, -0.2) is 40.6 Å². The van der Waals surface area contributed by atoms with Gasteiger partial charge in [-0.25, -0.2) is 0 Å². The number of carbonyl (C=O) groups is 1. The molecule has 1 aromatic heterocycles. The van der Waals surface area contributed by atoms with Crippen LogP contribution >= 0.6 is 0 Å². The molecular formula is C23H25N3O3. The molecule has 1 atom stereocenters. The number of para-hydroxylation sites is 1. The Morgan fingerprint density at radius 2 is 2.07 bits per heavy atom. The van der Waals surface area contributed by atoms with Gasteiger partial charge in [0.15, 0.2) is 0 Å². The van der Waals surface area contributed by atoms with E-state index in [4.69, 9.17) is 9.26 Å². The summed E-state index contributed by atoms with van der Waals surface area (Å²) < 4.78 is 11.2. The van der Waals surface area contributed by atoms with Gasteiger partial charge in [-0.15, -0.1) is 0 Å². The number of amides is 1. The van der Waals surface area contributed by atoms with Crippen LogP contribution in [0.5, 0.6) is 5.75 Å². The zero-order valence-corrected chi connectivity index (χ0v) is 16.8. The van der Waals surface area contributed by atoms with E-state index in [0.29, 0.717) is 37.8 Å². The van der Waals surface area contributed by atoms with Crippen LogP contribution in [0.3, 0.4) is 0 Å². The summed E-state index contributed by atoms with van der Waals surface area (Å²) in [5, 5.41) is 4.13. The van der Waals surface area contributed by atoms with Gasteiger partial charge in [-0.3, -0.25) is 4.79 Å². The second-order valence-corrected chi connectivity index (χ2v) is 7.37. The minimum absolute atomic E-state index is 0.0690. The topological polar surface area (TPSA) is 68.5 Å². The normalized spacial score (nSPS) is 16.4. The Hall–Kier alpha value is -3.15. The van der Waals surface area contributed by atoms with Gasteiger partial charge < -0.3 is 14.2 Å². The molecule has 3 aromatic rings. The molecule has 0 radical (unpaired) electrons. The molecule has 150 valence electrons. The molecule has 6 nitrogen and oxygen atoms in total. The maximum Gasteiger partial charge on any atom is 0.232 e. The van der Waals surface area contributed by atoms with Gasteiger partial charge in [0.1, 0.15) is 5.75 Å². The SMILES string of the molecule is CCOc1ccccc1-c1noc(C2CC(=O)N(CCc3cccc(C)c3)C2)n1. The summed E-state index contributed by atoms with van der Waals surface area (Å²) in [5.41, 5.74) is 3.28. The number of aryl methyl sites for hydroxylation is 1. The maximum atomic E-state index is 12.5. The number of hydrogen-bond donors (Lipinski definition) is 0. The first-order valence-corrected chi connectivity index (χ1v) is 10.0. The van der Waals surface area contributed by atoms with Crippen molar-refractivity contribution in [3.8, 4) is 17.1 Å². The number of likely N-dealkylation sites (tertiary alicyclic amines) is 1. The van der Waals surface area contributed by atoms with Gasteiger partial charge in [-0.1, -0.05) is 47.1 Å². The van der Waals surface area contributed by atoms with Crippen LogP contribution in [-0.2, 0) is 11.2 Å². The molecule has 0 bridgehead atoms. The summed E-state index contributed by atoms with van der Waals surface area (Å²) in [6.07, 6.45) is 1.25. The fourth-order valence-electron chi connectivity index (χ4n) is 3.73. The van der Waals surface area contributed by atoms with E-state index in [2.05, 4.69) is 41.3 Å². The Morgan fingerprint density at radius 3 is 2.90 bits per heavy atom. The predicted octanol–water partition coefficient (Wildman–Crippen LogP) is 4.00. The van der Waals surface area contributed by atoms with E-state index in [0.717, 1.165) is 17.7 Å². The molecule has 0 saturated carbocycles. The zero-order chi connectivity index (χ0) is 20.2. The highest BCUT2D eigenvalue weighted by molar-refractivity contribution is 5.79. The number of carbonyl (C=O) groups excluding carboxylic acids is 1. The Bertz CT molecular complexity index is 998. The van der Waals surface area contributed by atoms with Crippen molar-refractivity contribution in [1.29, 1.82) is 0 Å². The van der Waals surface area contributed by atoms with E-state index < -0.39 is 0 Å². The first-order chi connectivity index (χ1) is 14.1. The molecule has 0 aliphatic carbocycles. The fourth-order valence-corrected chi connectivity index (χ4v) is 3.73. The van der Waals surface area contributed by atoms with Crippen molar-refractivity contribution in [2.75, 3.05) is 19.7 Å². The lowest BCUT2D eigenvalue weighted by Crippen LogP contribution is -2.27. The number of aromatic nitrogens is 2. The Labute approximate surface area is 170 Å². The average molecular weight is 391 g/mol. The lowest BCUT2D eigenvalue weighted by atomic mass is 10.1. The van der Waals surface area contributed by atoms with Crippen LogP contribution in [0.1, 0.15) is 36.3 Å². The van der Waals surface area contributed by atoms with E-state index in [9.17, 15) is 4.79 Å². The van der Waals surface area contributed by atoms with E-state index in [1.54, 1.807) is 0 Å². The zero-order valence-electron chi connectivity index (χ0n) is 16.8. The molecule has 2 aromatic carbocycles. The Morgan fingerprint density at radius 1 is 1.21 bits per heavy atom. The van der Waals surface area contributed by atoms with Crippen molar-refractivity contribution in [3.05, 3.63) is 65.5 Å². The van der Waals surface area contributed by atoms with Crippen LogP contribution < -0.4 is 4.74 Å². The fraction of sp³-hybridized carbons (Fsp3) is 0.348. The Kier molecular flexibility index (Phi) is 5.60. The standard InChI is InChI=1S/C23H25N3O3/c1-3-28-20-10-5-4-9-19(20)22-24-23(29-25-22)18-14-21(27)26(15-18)12-11-17-8-6-7-16(2)13-17/h4-10,13,18H,3,11-12,14-15H2,1-2H3. The van der Waals surface area contributed by atoms with Crippen LogP contribution in [0.15, 0.2) is 53.1 Å². The van der Waals surface area contributed by atoms with E-state index >= 15 is 0 Å². The van der Waals surface area contributed by atoms with E-state index in [1.807, 2.05) is 36.1 Å². The first-order valence-electron chi connectivity index (χ1n) is 10.0. The summed E-state index contributed by atoms with van der Waals surface area (Å²) in [4.78, 5) is 18.9. The molecule has 2 heterocycles. The summed E-state index contributed by atoms with van der Waals surface area (Å²) in [6.45, 7) is 5.90. The van der Waals surface area contributed by atoms with Crippen molar-refractivity contribution in [1.82, 2.24) is 15.0 Å². The minimum Gasteiger partial charge on any atom is -0.493 e. The van der Waals surface area contributed by atoms with Gasteiger partial charge in [0.05, 0.1) is 18.1 Å². The van der Waals surface area contributed by atoms with Crippen LogP contribution in [0.25, 0.3) is 11.4 Å². The molecule has 4 rings (SSSR count). The molecule has 1 unspecified atom stereocenters. The van der Waals surface area contributed by atoms with Gasteiger partial charge in [0.2, 0.25) is 17.6 Å². The first kappa shape index (κ1) is 19.2. The number of hydrogen-bond acceptors (Lipinski definition) is 5. The lowest BCUT2D eigenvalue weighted by Gasteiger charge is -2.16. The quantitative estimate of drug-likeness (QED) is 0.609. The van der Waals surface area contributed by atoms with E-state index in [-0.39, 0.29) is 11.8 Å². The lowest BCUT2D eigenvalue weighted by molar-refractivity contribution is -0.127. The Balaban J connectivity index is 1.43. The van der Waals surface area contributed by atoms with Crippen molar-refractivity contribution < 1.29 is 14.1 Å². The number of rotatable bonds is 7. The van der Waals surface area contributed by atoms with Crippen molar-refractivity contribution in [2.24, 2.45) is 0 Å². The summed E-state index contributed by atoms with van der Waals surface area (Å²) in [5.74, 6) is 1.80. The molecule has 0 spiro atoms. The second-order valence-electron chi connectivity index (χ2n) is 7.37. The smallest absolute Gasteiger partial charge is 0.232 e. The highest BCUT2D eigenvalue weighted by atomic mass is 16.5. The van der Waals surface area contributed by atoms with Crippen molar-refractivity contribution in [2.45, 2.75) is 32.6 Å². The summed E-state index contributed by atoms with van der Waals surface area (Å²) >= 11 is 0. The van der Waals surface area contributed by atoms with E-state index in [1.165, 1.54) is 11.1 Å². The van der Waals surface area contributed by atoms with Crippen molar-refractivity contribution >= 4 is 5.91 Å². The van der Waals surface area contributed by atoms with Crippen LogP contribution in [0.2, 0.25) is 0 Å². The molecule has 6 heteroatoms. The maximum absolute atomic E-state index is 12.5. The highest BCUT2D eigenvalue weighted by Crippen LogP contribution is 2.31. The van der Waals surface area contributed by atoms with Gasteiger partial charge >= 0.3 is 0 Å². The number of ether oxygens (including phenoxy) is 1. The largest absolute Gasteiger partial charge is 0.493 e. The third-order valence-corrected chi connectivity index (χ3v) is 5.19. The van der Waals surface area contributed by atoms with Crippen molar-refractivity contribution in [3.63, 3.8) is 0 Å².